The molecule has 7 heteroatoms. The van der Waals surface area contributed by atoms with E-state index in [1.54, 1.807) is 0 Å². The summed E-state index contributed by atoms with van der Waals surface area (Å²) in [4.78, 5) is 23.6. The van der Waals surface area contributed by atoms with Crippen molar-refractivity contribution < 1.29 is 28.9 Å². The normalized spacial score (nSPS) is 10.9. The number of anilines is 1. The molecule has 1 amide bonds. The first-order valence-corrected chi connectivity index (χ1v) is 8.68. The van der Waals surface area contributed by atoms with Crippen LogP contribution in [0.15, 0.2) is 36.4 Å². The summed E-state index contributed by atoms with van der Waals surface area (Å²) in [5.74, 6) is -0.604. The van der Waals surface area contributed by atoms with E-state index in [0.717, 1.165) is 5.56 Å². The van der Waals surface area contributed by atoms with Gasteiger partial charge in [-0.2, -0.15) is 0 Å². The van der Waals surface area contributed by atoms with Gasteiger partial charge in [0, 0.05) is 0 Å². The molecule has 28 heavy (non-hydrogen) atoms. The third-order valence-electron chi connectivity index (χ3n) is 4.09. The average molecular weight is 387 g/mol. The van der Waals surface area contributed by atoms with Crippen LogP contribution in [0.1, 0.15) is 36.7 Å². The molecule has 0 saturated carbocycles. The summed E-state index contributed by atoms with van der Waals surface area (Å²) in [5, 5.41) is 11.8. The van der Waals surface area contributed by atoms with Crippen LogP contribution < -0.4 is 19.5 Å². The maximum atomic E-state index is 12.3. The number of hydrogen-bond donors (Lipinski definition) is 2. The molecule has 0 atom stereocenters. The van der Waals surface area contributed by atoms with Crippen LogP contribution in [0, 0.1) is 0 Å². The highest BCUT2D eigenvalue weighted by molar-refractivity contribution is 5.97. The molecule has 2 aromatic carbocycles. The van der Waals surface area contributed by atoms with E-state index >= 15 is 0 Å². The zero-order valence-electron chi connectivity index (χ0n) is 16.7. The summed E-state index contributed by atoms with van der Waals surface area (Å²) in [6.07, 6.45) is 0. The zero-order valence-corrected chi connectivity index (χ0v) is 16.7. The molecular weight excluding hydrogens is 362 g/mol. The maximum absolute atomic E-state index is 12.3. The standard InChI is InChI=1S/C21H25NO6/c1-21(2,3)14-6-8-15(9-7-14)28-12-18(23)22-16-10-13(20(24)25)11-17(26-4)19(16)27-5/h6-11H,12H2,1-5H3,(H,22,23)(H,24,25). The highest BCUT2D eigenvalue weighted by Gasteiger charge is 2.18. The minimum absolute atomic E-state index is 0.0284. The van der Waals surface area contributed by atoms with Gasteiger partial charge in [-0.05, 0) is 35.2 Å². The summed E-state index contributed by atoms with van der Waals surface area (Å²) in [6, 6.07) is 10.2. The van der Waals surface area contributed by atoms with E-state index in [1.807, 2.05) is 24.3 Å². The van der Waals surface area contributed by atoms with Crippen molar-refractivity contribution in [3.63, 3.8) is 0 Å². The van der Waals surface area contributed by atoms with Crippen LogP contribution in [0.2, 0.25) is 0 Å². The molecule has 0 unspecified atom stereocenters. The molecule has 0 aliphatic rings. The topological polar surface area (TPSA) is 94.1 Å². The predicted octanol–water partition coefficient (Wildman–Crippen LogP) is 3.72. The van der Waals surface area contributed by atoms with Crippen LogP contribution in [0.3, 0.4) is 0 Å². The van der Waals surface area contributed by atoms with Crippen LogP contribution in [0.4, 0.5) is 5.69 Å². The predicted molar refractivity (Wildman–Crippen MR) is 106 cm³/mol. The molecule has 0 heterocycles. The van der Waals surface area contributed by atoms with Gasteiger partial charge in [-0.1, -0.05) is 32.9 Å². The van der Waals surface area contributed by atoms with Gasteiger partial charge in [0.05, 0.1) is 25.5 Å². The summed E-state index contributed by atoms with van der Waals surface area (Å²) in [6.45, 7) is 6.10. The molecule has 7 nitrogen and oxygen atoms in total. The fraction of sp³-hybridized carbons (Fsp3) is 0.333. The van der Waals surface area contributed by atoms with E-state index < -0.39 is 11.9 Å². The average Bonchev–Trinajstić information content (AvgIpc) is 2.65. The van der Waals surface area contributed by atoms with Crippen molar-refractivity contribution in [2.24, 2.45) is 0 Å². The van der Waals surface area contributed by atoms with E-state index in [1.165, 1.54) is 26.4 Å². The number of carboxylic acids is 1. The number of hydrogen-bond acceptors (Lipinski definition) is 5. The molecule has 150 valence electrons. The van der Waals surface area contributed by atoms with Gasteiger partial charge in [-0.25, -0.2) is 4.79 Å². The quantitative estimate of drug-likeness (QED) is 0.752. The number of aromatic carboxylic acids is 1. The Labute approximate surface area is 164 Å². The van der Waals surface area contributed by atoms with Gasteiger partial charge in [0.15, 0.2) is 18.1 Å². The highest BCUT2D eigenvalue weighted by Crippen LogP contribution is 2.36. The van der Waals surface area contributed by atoms with E-state index in [4.69, 9.17) is 14.2 Å². The van der Waals surface area contributed by atoms with Gasteiger partial charge < -0.3 is 24.6 Å². The van der Waals surface area contributed by atoms with Gasteiger partial charge in [-0.3, -0.25) is 4.79 Å². The molecular formula is C21H25NO6. The largest absolute Gasteiger partial charge is 0.493 e. The van der Waals surface area contributed by atoms with Crippen LogP contribution in [-0.2, 0) is 10.2 Å². The summed E-state index contributed by atoms with van der Waals surface area (Å²) < 4.78 is 15.9. The van der Waals surface area contributed by atoms with Gasteiger partial charge in [0.1, 0.15) is 5.75 Å². The van der Waals surface area contributed by atoms with Gasteiger partial charge >= 0.3 is 5.97 Å². The summed E-state index contributed by atoms with van der Waals surface area (Å²) in [7, 11) is 2.79. The first-order valence-electron chi connectivity index (χ1n) is 8.68. The fourth-order valence-electron chi connectivity index (χ4n) is 2.57. The summed E-state index contributed by atoms with van der Waals surface area (Å²) >= 11 is 0. The number of rotatable bonds is 7. The molecule has 0 spiro atoms. The monoisotopic (exact) mass is 387 g/mol. The smallest absolute Gasteiger partial charge is 0.335 e. The zero-order chi connectivity index (χ0) is 20.9. The maximum Gasteiger partial charge on any atom is 0.335 e. The minimum atomic E-state index is -1.15. The Morgan fingerprint density at radius 2 is 1.68 bits per heavy atom. The first kappa shape index (κ1) is 21.1. The highest BCUT2D eigenvalue weighted by atomic mass is 16.5. The van der Waals surface area contributed by atoms with Crippen molar-refractivity contribution in [2.45, 2.75) is 26.2 Å². The second kappa shape index (κ2) is 8.65. The van der Waals surface area contributed by atoms with Gasteiger partial charge in [-0.15, -0.1) is 0 Å². The van der Waals surface area contributed by atoms with Crippen LogP contribution in [-0.4, -0.2) is 37.8 Å². The Bertz CT molecular complexity index is 852. The van der Waals surface area contributed by atoms with E-state index in [-0.39, 0.29) is 34.8 Å². The van der Waals surface area contributed by atoms with Crippen molar-refractivity contribution in [1.29, 1.82) is 0 Å². The van der Waals surface area contributed by atoms with Crippen LogP contribution in [0.5, 0.6) is 17.2 Å². The van der Waals surface area contributed by atoms with Crippen LogP contribution in [0.25, 0.3) is 0 Å². The Kier molecular flexibility index (Phi) is 6.51. The number of carboxylic acid groups (broad SMARTS) is 1. The number of amides is 1. The number of benzene rings is 2. The number of nitrogens with one attached hydrogen (secondary N) is 1. The molecule has 2 aromatic rings. The Balaban J connectivity index is 2.10. The van der Waals surface area contributed by atoms with Gasteiger partial charge in [0.2, 0.25) is 0 Å². The Hall–Kier alpha value is -3.22. The first-order chi connectivity index (χ1) is 13.2. The number of carbonyl (C=O) groups excluding carboxylic acids is 1. The molecule has 0 saturated heterocycles. The third-order valence-corrected chi connectivity index (χ3v) is 4.09. The van der Waals surface area contributed by atoms with Crippen molar-refractivity contribution in [1.82, 2.24) is 0 Å². The fourth-order valence-corrected chi connectivity index (χ4v) is 2.57. The van der Waals surface area contributed by atoms with Crippen molar-refractivity contribution in [3.8, 4) is 17.2 Å². The Morgan fingerprint density at radius 3 is 2.18 bits per heavy atom. The lowest BCUT2D eigenvalue weighted by atomic mass is 9.87. The molecule has 0 aliphatic heterocycles. The lowest BCUT2D eigenvalue weighted by molar-refractivity contribution is -0.118. The van der Waals surface area contributed by atoms with Crippen LogP contribution >= 0.6 is 0 Å². The van der Waals surface area contributed by atoms with Crippen molar-refractivity contribution in [3.05, 3.63) is 47.5 Å². The van der Waals surface area contributed by atoms with E-state index in [9.17, 15) is 14.7 Å². The third kappa shape index (κ3) is 5.16. The lowest BCUT2D eigenvalue weighted by Gasteiger charge is -2.19. The van der Waals surface area contributed by atoms with Gasteiger partial charge in [0.25, 0.3) is 5.91 Å². The molecule has 2 rings (SSSR count). The molecule has 0 bridgehead atoms. The summed E-state index contributed by atoms with van der Waals surface area (Å²) in [5.41, 5.74) is 1.34. The second-order valence-corrected chi connectivity index (χ2v) is 7.18. The molecule has 0 aromatic heterocycles. The van der Waals surface area contributed by atoms with Crippen molar-refractivity contribution >= 4 is 17.6 Å². The lowest BCUT2D eigenvalue weighted by Crippen LogP contribution is -2.21. The number of ether oxygens (including phenoxy) is 3. The second-order valence-electron chi connectivity index (χ2n) is 7.18. The number of carbonyl (C=O) groups is 2. The molecule has 0 aliphatic carbocycles. The SMILES string of the molecule is COc1cc(C(=O)O)cc(NC(=O)COc2ccc(C(C)(C)C)cc2)c1OC. The minimum Gasteiger partial charge on any atom is -0.493 e. The molecule has 2 N–H and O–H groups in total. The molecule has 0 fully saturated rings. The molecule has 0 radical (unpaired) electrons. The van der Waals surface area contributed by atoms with E-state index in [0.29, 0.717) is 5.75 Å². The van der Waals surface area contributed by atoms with Crippen molar-refractivity contribution in [2.75, 3.05) is 26.1 Å². The Morgan fingerprint density at radius 1 is 1.04 bits per heavy atom. The van der Waals surface area contributed by atoms with E-state index in [2.05, 4.69) is 26.1 Å². The number of methoxy groups -OCH3 is 2.